The lowest BCUT2D eigenvalue weighted by atomic mass is 10.1. The Hall–Kier alpha value is -1.63. The summed E-state index contributed by atoms with van der Waals surface area (Å²) < 4.78 is 50.1. The second kappa shape index (κ2) is 4.80. The Morgan fingerprint density at radius 2 is 1.79 bits per heavy atom. The molecule has 19 heavy (non-hydrogen) atoms. The predicted molar refractivity (Wildman–Crippen MR) is 58.3 cm³/mol. The van der Waals surface area contributed by atoms with Crippen molar-refractivity contribution < 1.29 is 27.5 Å². The number of nitrogens with zero attached hydrogens (tertiary/aromatic N) is 1. The predicted octanol–water partition coefficient (Wildman–Crippen LogP) is 1.86. The van der Waals surface area contributed by atoms with E-state index in [0.29, 0.717) is 0 Å². The molecule has 1 aromatic carbocycles. The van der Waals surface area contributed by atoms with Crippen molar-refractivity contribution in [1.82, 2.24) is 4.90 Å². The number of aliphatic hydroxyl groups is 1. The van der Waals surface area contributed by atoms with Crippen LogP contribution in [0.2, 0.25) is 0 Å². The average Bonchev–Trinajstić information content (AvgIpc) is 2.68. The van der Waals surface area contributed by atoms with Crippen molar-refractivity contribution in [1.29, 1.82) is 0 Å². The van der Waals surface area contributed by atoms with Crippen molar-refractivity contribution >= 4 is 5.91 Å². The molecule has 7 heteroatoms. The molecule has 0 spiro atoms. The molecule has 0 bridgehead atoms. The molecule has 2 rings (SSSR count). The number of rotatable bonds is 1. The molecule has 1 heterocycles. The van der Waals surface area contributed by atoms with Gasteiger partial charge in [0.25, 0.3) is 5.91 Å². The van der Waals surface area contributed by atoms with Gasteiger partial charge in [-0.05, 0) is 24.3 Å². The van der Waals surface area contributed by atoms with Crippen LogP contribution in [0.25, 0.3) is 0 Å². The largest absolute Gasteiger partial charge is 0.416 e. The number of benzene rings is 1. The van der Waals surface area contributed by atoms with E-state index in [1.165, 1.54) is 0 Å². The summed E-state index contributed by atoms with van der Waals surface area (Å²) in [6.45, 7) is -0.401. The van der Waals surface area contributed by atoms with Gasteiger partial charge < -0.3 is 10.0 Å². The number of hydrogen-bond donors (Lipinski definition) is 1. The first-order valence-corrected chi connectivity index (χ1v) is 5.57. The number of halogens is 4. The summed E-state index contributed by atoms with van der Waals surface area (Å²) in [4.78, 5) is 12.9. The zero-order valence-electron chi connectivity index (χ0n) is 9.69. The number of amides is 1. The second-order valence-electron chi connectivity index (χ2n) is 4.37. The standard InChI is InChI=1S/C12H11F4NO2/c13-9-5-17(6-10(9)18)11(19)7-1-3-8(4-2-7)12(14,15)16/h1-4,9-10,18H,5-6H2/t9-,10-/m1/s1. The van der Waals surface area contributed by atoms with Crippen LogP contribution in [-0.4, -0.2) is 41.3 Å². The van der Waals surface area contributed by atoms with Crippen LogP contribution in [0.1, 0.15) is 15.9 Å². The molecule has 0 radical (unpaired) electrons. The van der Waals surface area contributed by atoms with E-state index < -0.39 is 29.9 Å². The number of β-amino-alcohol motifs (C(OH)–C–C–N with tert-alkyl or cyclic N) is 1. The van der Waals surface area contributed by atoms with Crippen molar-refractivity contribution in [2.24, 2.45) is 0 Å². The molecule has 1 fully saturated rings. The Morgan fingerprint density at radius 3 is 2.21 bits per heavy atom. The Morgan fingerprint density at radius 1 is 1.21 bits per heavy atom. The van der Waals surface area contributed by atoms with Gasteiger partial charge in [-0.1, -0.05) is 0 Å². The highest BCUT2D eigenvalue weighted by Crippen LogP contribution is 2.29. The van der Waals surface area contributed by atoms with Gasteiger partial charge in [0.15, 0.2) is 0 Å². The van der Waals surface area contributed by atoms with Crippen LogP contribution in [0.3, 0.4) is 0 Å². The minimum absolute atomic E-state index is 0.0364. The molecule has 0 unspecified atom stereocenters. The van der Waals surface area contributed by atoms with Gasteiger partial charge in [-0.3, -0.25) is 4.79 Å². The van der Waals surface area contributed by atoms with E-state index >= 15 is 0 Å². The molecule has 1 N–H and O–H groups in total. The van der Waals surface area contributed by atoms with Crippen LogP contribution >= 0.6 is 0 Å². The minimum Gasteiger partial charge on any atom is -0.388 e. The normalized spacial score (nSPS) is 23.7. The summed E-state index contributed by atoms with van der Waals surface area (Å²) in [6.07, 6.45) is -7.22. The maximum atomic E-state index is 13.1. The first kappa shape index (κ1) is 13.8. The van der Waals surface area contributed by atoms with Gasteiger partial charge in [-0.25, -0.2) is 4.39 Å². The number of carbonyl (C=O) groups is 1. The highest BCUT2D eigenvalue weighted by atomic mass is 19.4. The van der Waals surface area contributed by atoms with Crippen LogP contribution in [0.4, 0.5) is 17.6 Å². The van der Waals surface area contributed by atoms with Crippen LogP contribution in [-0.2, 0) is 6.18 Å². The summed E-state index contributed by atoms with van der Waals surface area (Å²) in [5, 5.41) is 9.20. The Balaban J connectivity index is 2.13. The molecule has 1 saturated heterocycles. The summed E-state index contributed by atoms with van der Waals surface area (Å²) in [5.41, 5.74) is -0.817. The fourth-order valence-electron chi connectivity index (χ4n) is 1.90. The summed E-state index contributed by atoms with van der Waals surface area (Å²) >= 11 is 0. The second-order valence-corrected chi connectivity index (χ2v) is 4.37. The van der Waals surface area contributed by atoms with E-state index in [9.17, 15) is 27.5 Å². The third-order valence-electron chi connectivity index (χ3n) is 2.97. The van der Waals surface area contributed by atoms with E-state index in [4.69, 9.17) is 0 Å². The first-order valence-electron chi connectivity index (χ1n) is 5.57. The molecule has 0 saturated carbocycles. The number of aliphatic hydroxyl groups excluding tert-OH is 1. The topological polar surface area (TPSA) is 40.5 Å². The number of alkyl halides is 4. The van der Waals surface area contributed by atoms with Gasteiger partial charge in [0.1, 0.15) is 12.3 Å². The van der Waals surface area contributed by atoms with Crippen LogP contribution in [0.15, 0.2) is 24.3 Å². The molecular weight excluding hydrogens is 266 g/mol. The Kier molecular flexibility index (Phi) is 3.49. The Labute approximate surface area is 106 Å². The van der Waals surface area contributed by atoms with Gasteiger partial charge in [0.05, 0.1) is 12.1 Å². The van der Waals surface area contributed by atoms with Crippen molar-refractivity contribution in [3.63, 3.8) is 0 Å². The fourth-order valence-corrected chi connectivity index (χ4v) is 1.90. The van der Waals surface area contributed by atoms with E-state index in [2.05, 4.69) is 0 Å². The fraction of sp³-hybridized carbons (Fsp3) is 0.417. The zero-order valence-corrected chi connectivity index (χ0v) is 9.69. The van der Waals surface area contributed by atoms with Gasteiger partial charge in [0.2, 0.25) is 0 Å². The van der Waals surface area contributed by atoms with Gasteiger partial charge in [-0.2, -0.15) is 13.2 Å². The highest BCUT2D eigenvalue weighted by molar-refractivity contribution is 5.94. The molecule has 104 valence electrons. The summed E-state index contributed by atoms with van der Waals surface area (Å²) in [5.74, 6) is -0.590. The number of likely N-dealkylation sites (tertiary alicyclic amines) is 1. The van der Waals surface area contributed by atoms with Crippen LogP contribution < -0.4 is 0 Å². The molecule has 0 aromatic heterocycles. The van der Waals surface area contributed by atoms with Crippen molar-refractivity contribution in [3.8, 4) is 0 Å². The van der Waals surface area contributed by atoms with E-state index in [1.54, 1.807) is 0 Å². The lowest BCUT2D eigenvalue weighted by molar-refractivity contribution is -0.137. The van der Waals surface area contributed by atoms with Gasteiger partial charge in [0, 0.05) is 12.1 Å². The molecule has 1 aromatic rings. The molecular formula is C12H11F4NO2. The zero-order chi connectivity index (χ0) is 14.2. The lowest BCUT2D eigenvalue weighted by Gasteiger charge is -2.15. The number of hydrogen-bond acceptors (Lipinski definition) is 2. The third-order valence-corrected chi connectivity index (χ3v) is 2.97. The van der Waals surface area contributed by atoms with Crippen LogP contribution in [0.5, 0.6) is 0 Å². The summed E-state index contributed by atoms with van der Waals surface area (Å²) in [6, 6.07) is 3.69. The van der Waals surface area contributed by atoms with E-state index in [0.717, 1.165) is 29.2 Å². The smallest absolute Gasteiger partial charge is 0.388 e. The van der Waals surface area contributed by atoms with Crippen LogP contribution in [0, 0.1) is 0 Å². The molecule has 1 amide bonds. The quantitative estimate of drug-likeness (QED) is 0.796. The van der Waals surface area contributed by atoms with Gasteiger partial charge >= 0.3 is 6.18 Å². The van der Waals surface area contributed by atoms with Crippen molar-refractivity contribution in [3.05, 3.63) is 35.4 Å². The van der Waals surface area contributed by atoms with E-state index in [-0.39, 0.29) is 18.7 Å². The van der Waals surface area contributed by atoms with Crippen molar-refractivity contribution in [2.75, 3.05) is 13.1 Å². The molecule has 1 aliphatic heterocycles. The molecule has 3 nitrogen and oxygen atoms in total. The average molecular weight is 277 g/mol. The Bertz CT molecular complexity index is 462. The number of carbonyl (C=O) groups excluding carboxylic acids is 1. The maximum absolute atomic E-state index is 13.1. The molecule has 1 aliphatic rings. The molecule has 2 atom stereocenters. The minimum atomic E-state index is -4.46. The monoisotopic (exact) mass is 277 g/mol. The maximum Gasteiger partial charge on any atom is 0.416 e. The first-order chi connectivity index (χ1) is 8.79. The van der Waals surface area contributed by atoms with Gasteiger partial charge in [-0.15, -0.1) is 0 Å². The third kappa shape index (κ3) is 2.86. The van der Waals surface area contributed by atoms with E-state index in [1.807, 2.05) is 0 Å². The highest BCUT2D eigenvalue weighted by Gasteiger charge is 2.35. The summed E-state index contributed by atoms with van der Waals surface area (Å²) in [7, 11) is 0. The molecule has 0 aliphatic carbocycles. The SMILES string of the molecule is O=C(c1ccc(C(F)(F)F)cc1)N1C[C@@H](O)[C@H](F)C1. The van der Waals surface area contributed by atoms with Crippen molar-refractivity contribution in [2.45, 2.75) is 18.5 Å². The lowest BCUT2D eigenvalue weighted by Crippen LogP contribution is -2.29.